The van der Waals surface area contributed by atoms with E-state index >= 15 is 0 Å². The fourth-order valence-electron chi connectivity index (χ4n) is 2.05. The average Bonchev–Trinajstić information content (AvgIpc) is 2.43. The van der Waals surface area contributed by atoms with Gasteiger partial charge in [0.05, 0.1) is 23.1 Å². The molecule has 0 aliphatic carbocycles. The number of aromatic nitrogens is 1. The van der Waals surface area contributed by atoms with Crippen molar-refractivity contribution >= 4 is 22.8 Å². The molecule has 1 heterocycles. The summed E-state index contributed by atoms with van der Waals surface area (Å²) in [5.74, 6) is -1.50. The number of fused-ring (bicyclic) bond motifs is 1. The minimum atomic E-state index is -1.50. The Kier molecular flexibility index (Phi) is 4.18. The van der Waals surface area contributed by atoms with Crippen LogP contribution >= 0.6 is 0 Å². The molecule has 1 atom stereocenters. The fraction of sp³-hybridized carbons (Fsp3) is 0.267. The highest BCUT2D eigenvalue weighted by Gasteiger charge is 2.25. The van der Waals surface area contributed by atoms with Crippen molar-refractivity contribution in [3.63, 3.8) is 0 Å². The standard InChI is InChI=1S/C15H16N2O4/c1-15(21,8-13(18)19)9-17-14(20)11-6-7-16-12-5-3-2-4-10(11)12/h2-7,21H,8-9H2,1H3,(H,17,20)(H,18,19). The molecular weight excluding hydrogens is 272 g/mol. The minimum absolute atomic E-state index is 0.144. The van der Waals surface area contributed by atoms with Crippen molar-refractivity contribution in [2.24, 2.45) is 0 Å². The van der Waals surface area contributed by atoms with Gasteiger partial charge in [-0.05, 0) is 19.1 Å². The van der Waals surface area contributed by atoms with Gasteiger partial charge in [-0.2, -0.15) is 0 Å². The second kappa shape index (κ2) is 5.88. The first-order valence-electron chi connectivity index (χ1n) is 6.45. The fourth-order valence-corrected chi connectivity index (χ4v) is 2.05. The summed E-state index contributed by atoms with van der Waals surface area (Å²) in [6.45, 7) is 1.22. The van der Waals surface area contributed by atoms with E-state index in [0.717, 1.165) is 0 Å². The van der Waals surface area contributed by atoms with E-state index in [1.807, 2.05) is 6.07 Å². The summed E-state index contributed by atoms with van der Waals surface area (Å²) in [6.07, 6.45) is 1.09. The van der Waals surface area contributed by atoms with E-state index in [0.29, 0.717) is 16.5 Å². The monoisotopic (exact) mass is 288 g/mol. The molecule has 0 saturated heterocycles. The van der Waals surface area contributed by atoms with E-state index in [1.165, 1.54) is 13.1 Å². The van der Waals surface area contributed by atoms with Crippen LogP contribution < -0.4 is 5.32 Å². The molecule has 0 aliphatic rings. The molecule has 0 aliphatic heterocycles. The van der Waals surface area contributed by atoms with Gasteiger partial charge in [0.1, 0.15) is 0 Å². The number of benzene rings is 1. The maximum absolute atomic E-state index is 12.2. The SMILES string of the molecule is CC(O)(CNC(=O)c1ccnc2ccccc12)CC(=O)O. The first kappa shape index (κ1) is 14.9. The molecule has 0 fully saturated rings. The van der Waals surface area contributed by atoms with Gasteiger partial charge in [0.2, 0.25) is 0 Å². The van der Waals surface area contributed by atoms with Crippen molar-refractivity contribution in [1.29, 1.82) is 0 Å². The lowest BCUT2D eigenvalue weighted by atomic mass is 10.0. The van der Waals surface area contributed by atoms with Crippen LogP contribution in [0.3, 0.4) is 0 Å². The Morgan fingerprint density at radius 3 is 2.71 bits per heavy atom. The van der Waals surface area contributed by atoms with Crippen LogP contribution in [0.2, 0.25) is 0 Å². The second-order valence-electron chi connectivity index (χ2n) is 5.13. The summed E-state index contributed by atoms with van der Waals surface area (Å²) in [6, 6.07) is 8.80. The highest BCUT2D eigenvalue weighted by atomic mass is 16.4. The van der Waals surface area contributed by atoms with Gasteiger partial charge in [-0.25, -0.2) is 0 Å². The molecule has 0 saturated carbocycles. The number of rotatable bonds is 5. The first-order valence-corrected chi connectivity index (χ1v) is 6.45. The summed E-state index contributed by atoms with van der Waals surface area (Å²) >= 11 is 0. The number of amides is 1. The van der Waals surface area contributed by atoms with Gasteiger partial charge < -0.3 is 15.5 Å². The second-order valence-corrected chi connectivity index (χ2v) is 5.13. The van der Waals surface area contributed by atoms with Crippen LogP contribution in [-0.2, 0) is 4.79 Å². The molecule has 2 aromatic rings. The molecular formula is C15H16N2O4. The quantitative estimate of drug-likeness (QED) is 0.767. The molecule has 0 bridgehead atoms. The van der Waals surface area contributed by atoms with Crippen molar-refractivity contribution in [3.05, 3.63) is 42.1 Å². The van der Waals surface area contributed by atoms with E-state index in [4.69, 9.17) is 5.11 Å². The molecule has 1 unspecified atom stereocenters. The van der Waals surface area contributed by atoms with Gasteiger partial charge in [-0.3, -0.25) is 14.6 Å². The minimum Gasteiger partial charge on any atom is -0.481 e. The third-order valence-corrected chi connectivity index (χ3v) is 3.06. The van der Waals surface area contributed by atoms with Crippen molar-refractivity contribution < 1.29 is 19.8 Å². The van der Waals surface area contributed by atoms with Crippen molar-refractivity contribution in [3.8, 4) is 0 Å². The number of hydrogen-bond donors (Lipinski definition) is 3. The normalized spacial score (nSPS) is 13.6. The molecule has 110 valence electrons. The van der Waals surface area contributed by atoms with Crippen LogP contribution in [0.5, 0.6) is 0 Å². The van der Waals surface area contributed by atoms with Crippen LogP contribution in [0.4, 0.5) is 0 Å². The van der Waals surface area contributed by atoms with Crippen LogP contribution in [-0.4, -0.2) is 39.2 Å². The number of hydrogen-bond acceptors (Lipinski definition) is 4. The number of carbonyl (C=O) groups excluding carboxylic acids is 1. The average molecular weight is 288 g/mol. The van der Waals surface area contributed by atoms with Crippen LogP contribution in [0.25, 0.3) is 10.9 Å². The van der Waals surface area contributed by atoms with Gasteiger partial charge in [-0.15, -0.1) is 0 Å². The lowest BCUT2D eigenvalue weighted by Gasteiger charge is -2.21. The van der Waals surface area contributed by atoms with Gasteiger partial charge in [0, 0.05) is 18.1 Å². The van der Waals surface area contributed by atoms with E-state index in [-0.39, 0.29) is 12.5 Å². The summed E-state index contributed by atoms with van der Waals surface area (Å²) < 4.78 is 0. The zero-order chi connectivity index (χ0) is 15.5. The maximum atomic E-state index is 12.2. The van der Waals surface area contributed by atoms with Crippen LogP contribution in [0, 0.1) is 0 Å². The number of aliphatic hydroxyl groups is 1. The number of carbonyl (C=O) groups is 2. The van der Waals surface area contributed by atoms with E-state index in [1.54, 1.807) is 24.3 Å². The Bertz CT molecular complexity index is 677. The molecule has 6 nitrogen and oxygen atoms in total. The summed E-state index contributed by atoms with van der Waals surface area (Å²) in [5, 5.41) is 21.8. The van der Waals surface area contributed by atoms with E-state index < -0.39 is 18.0 Å². The summed E-state index contributed by atoms with van der Waals surface area (Å²) in [5.41, 5.74) is -0.362. The maximum Gasteiger partial charge on any atom is 0.306 e. The van der Waals surface area contributed by atoms with Gasteiger partial charge in [-0.1, -0.05) is 18.2 Å². The summed E-state index contributed by atoms with van der Waals surface area (Å²) in [7, 11) is 0. The molecule has 1 aromatic carbocycles. The number of nitrogens with zero attached hydrogens (tertiary/aromatic N) is 1. The number of nitrogens with one attached hydrogen (secondary N) is 1. The number of carboxylic acids is 1. The van der Waals surface area contributed by atoms with Crippen molar-refractivity contribution in [1.82, 2.24) is 10.3 Å². The Balaban J connectivity index is 2.14. The molecule has 2 rings (SSSR count). The van der Waals surface area contributed by atoms with Crippen LogP contribution in [0.1, 0.15) is 23.7 Å². The van der Waals surface area contributed by atoms with Crippen LogP contribution in [0.15, 0.2) is 36.5 Å². The van der Waals surface area contributed by atoms with E-state index in [9.17, 15) is 14.7 Å². The molecule has 6 heteroatoms. The lowest BCUT2D eigenvalue weighted by Crippen LogP contribution is -2.42. The zero-order valence-electron chi connectivity index (χ0n) is 11.5. The topological polar surface area (TPSA) is 99.5 Å². The predicted octanol–water partition coefficient (Wildman–Crippen LogP) is 1.19. The first-order chi connectivity index (χ1) is 9.89. The highest BCUT2D eigenvalue weighted by Crippen LogP contribution is 2.16. The number of pyridine rings is 1. The van der Waals surface area contributed by atoms with Gasteiger partial charge in [0.15, 0.2) is 0 Å². The molecule has 0 radical (unpaired) electrons. The molecule has 1 aromatic heterocycles. The molecule has 1 amide bonds. The number of para-hydroxylation sites is 1. The largest absolute Gasteiger partial charge is 0.481 e. The van der Waals surface area contributed by atoms with Gasteiger partial charge >= 0.3 is 5.97 Å². The lowest BCUT2D eigenvalue weighted by molar-refractivity contribution is -0.141. The third kappa shape index (κ3) is 3.76. The van der Waals surface area contributed by atoms with E-state index in [2.05, 4.69) is 10.3 Å². The van der Waals surface area contributed by atoms with Crippen molar-refractivity contribution in [2.45, 2.75) is 18.9 Å². The Labute approximate surface area is 121 Å². The Morgan fingerprint density at radius 1 is 1.29 bits per heavy atom. The Hall–Kier alpha value is -2.47. The number of carboxylic acid groups (broad SMARTS) is 1. The highest BCUT2D eigenvalue weighted by molar-refractivity contribution is 6.05. The summed E-state index contributed by atoms with van der Waals surface area (Å²) in [4.78, 5) is 27.0. The predicted molar refractivity (Wildman–Crippen MR) is 77.0 cm³/mol. The number of aliphatic carboxylic acids is 1. The third-order valence-electron chi connectivity index (χ3n) is 3.06. The molecule has 0 spiro atoms. The molecule has 3 N–H and O–H groups in total. The smallest absolute Gasteiger partial charge is 0.306 e. The Morgan fingerprint density at radius 2 is 2.00 bits per heavy atom. The van der Waals surface area contributed by atoms with Crippen molar-refractivity contribution in [2.75, 3.05) is 6.54 Å². The molecule has 21 heavy (non-hydrogen) atoms. The van der Waals surface area contributed by atoms with Gasteiger partial charge in [0.25, 0.3) is 5.91 Å². The zero-order valence-corrected chi connectivity index (χ0v) is 11.5.